The molecule has 2 aromatic carbocycles. The topological polar surface area (TPSA) is 47.0 Å². The fourth-order valence-corrected chi connectivity index (χ4v) is 3.73. The maximum Gasteiger partial charge on any atom is 0.230 e. The minimum atomic E-state index is -0.115. The van der Waals surface area contributed by atoms with Crippen molar-refractivity contribution in [2.75, 3.05) is 0 Å². The van der Waals surface area contributed by atoms with E-state index in [0.29, 0.717) is 17.1 Å². The number of hydrogen-bond acceptors (Lipinski definition) is 2. The van der Waals surface area contributed by atoms with Crippen molar-refractivity contribution >= 4 is 10.9 Å². The molecule has 0 fully saturated rings. The molecule has 28 heavy (non-hydrogen) atoms. The van der Waals surface area contributed by atoms with Crippen molar-refractivity contribution in [2.45, 2.75) is 0 Å². The van der Waals surface area contributed by atoms with E-state index in [1.54, 1.807) is 0 Å². The minimum absolute atomic E-state index is 0.115. The van der Waals surface area contributed by atoms with Gasteiger partial charge in [0.25, 0.3) is 0 Å². The first-order valence-electron chi connectivity index (χ1n) is 9.14. The normalized spacial score (nSPS) is 11.2. The van der Waals surface area contributed by atoms with Gasteiger partial charge >= 0.3 is 0 Å². The Bertz CT molecular complexity index is 1300. The summed E-state index contributed by atoms with van der Waals surface area (Å²) in [5.74, 6) is 0.958. The van der Waals surface area contributed by atoms with Gasteiger partial charge < -0.3 is 14.3 Å². The zero-order valence-corrected chi connectivity index (χ0v) is 15.3. The maximum atomic E-state index is 13.3. The number of H-pyrrole nitrogens is 1. The SMILES string of the molecule is Cn1c2c(-c3ccc[nH]3)cc(Oc3ccccc3)c(=O)c-2cc2ccccc21. The van der Waals surface area contributed by atoms with Gasteiger partial charge in [-0.3, -0.25) is 4.79 Å². The molecule has 1 aliphatic heterocycles. The van der Waals surface area contributed by atoms with E-state index in [1.165, 1.54) is 0 Å². The van der Waals surface area contributed by atoms with E-state index < -0.39 is 0 Å². The van der Waals surface area contributed by atoms with Crippen LogP contribution in [0.5, 0.6) is 11.5 Å². The molecule has 0 saturated heterocycles. The molecule has 5 rings (SSSR count). The Morgan fingerprint density at radius 3 is 2.43 bits per heavy atom. The van der Waals surface area contributed by atoms with Crippen LogP contribution in [-0.2, 0) is 7.05 Å². The summed E-state index contributed by atoms with van der Waals surface area (Å²) < 4.78 is 8.05. The summed E-state index contributed by atoms with van der Waals surface area (Å²) in [5, 5.41) is 1.02. The van der Waals surface area contributed by atoms with E-state index in [1.807, 2.05) is 86.0 Å². The number of aryl methyl sites for hydroxylation is 1. The lowest BCUT2D eigenvalue weighted by Crippen LogP contribution is -2.14. The van der Waals surface area contributed by atoms with E-state index in [-0.39, 0.29) is 5.43 Å². The number of pyridine rings is 1. The lowest BCUT2D eigenvalue weighted by Gasteiger charge is -2.20. The highest BCUT2D eigenvalue weighted by atomic mass is 16.5. The zero-order valence-electron chi connectivity index (χ0n) is 15.3. The molecule has 0 saturated carbocycles. The largest absolute Gasteiger partial charge is 0.453 e. The Morgan fingerprint density at radius 2 is 1.64 bits per heavy atom. The van der Waals surface area contributed by atoms with Crippen molar-refractivity contribution in [1.82, 2.24) is 9.55 Å². The third-order valence-corrected chi connectivity index (χ3v) is 5.05. The van der Waals surface area contributed by atoms with E-state index in [4.69, 9.17) is 4.74 Å². The number of benzene rings is 3. The third-order valence-electron chi connectivity index (χ3n) is 5.05. The molecule has 0 atom stereocenters. The minimum Gasteiger partial charge on any atom is -0.453 e. The van der Waals surface area contributed by atoms with Gasteiger partial charge in [-0.2, -0.15) is 0 Å². The Labute approximate surface area is 162 Å². The summed E-state index contributed by atoms with van der Waals surface area (Å²) in [6.07, 6.45) is 1.88. The van der Waals surface area contributed by atoms with Gasteiger partial charge in [-0.05, 0) is 47.9 Å². The highest BCUT2D eigenvalue weighted by Crippen LogP contribution is 2.36. The van der Waals surface area contributed by atoms with Crippen LogP contribution < -0.4 is 10.2 Å². The van der Waals surface area contributed by atoms with Gasteiger partial charge in [0.05, 0.1) is 11.3 Å². The molecule has 4 nitrogen and oxygen atoms in total. The second-order valence-electron chi connectivity index (χ2n) is 6.77. The van der Waals surface area contributed by atoms with Gasteiger partial charge in [0, 0.05) is 30.0 Å². The summed E-state index contributed by atoms with van der Waals surface area (Å²) in [5.41, 5.74) is 4.34. The molecule has 2 heterocycles. The van der Waals surface area contributed by atoms with E-state index in [0.717, 1.165) is 27.9 Å². The average molecular weight is 366 g/mol. The molecule has 0 bridgehead atoms. The first kappa shape index (κ1) is 16.4. The zero-order chi connectivity index (χ0) is 19.1. The lowest BCUT2D eigenvalue weighted by molar-refractivity contribution is 0.478. The third kappa shape index (κ3) is 2.58. The number of ether oxygens (including phenoxy) is 1. The van der Waals surface area contributed by atoms with Gasteiger partial charge in [0.2, 0.25) is 5.43 Å². The smallest absolute Gasteiger partial charge is 0.230 e. The number of para-hydroxylation sites is 2. The fraction of sp³-hybridized carbons (Fsp3) is 0.0417. The van der Waals surface area contributed by atoms with Crippen LogP contribution in [0.3, 0.4) is 0 Å². The van der Waals surface area contributed by atoms with E-state index in [9.17, 15) is 4.79 Å². The molecule has 3 aromatic rings. The number of hydrogen-bond donors (Lipinski definition) is 1. The maximum absolute atomic E-state index is 13.3. The highest BCUT2D eigenvalue weighted by molar-refractivity contribution is 5.92. The summed E-state index contributed by atoms with van der Waals surface area (Å²) in [6.45, 7) is 0. The van der Waals surface area contributed by atoms with Gasteiger partial charge in [-0.15, -0.1) is 0 Å². The second-order valence-corrected chi connectivity index (χ2v) is 6.77. The van der Waals surface area contributed by atoms with Gasteiger partial charge in [0.15, 0.2) is 5.75 Å². The fourth-order valence-electron chi connectivity index (χ4n) is 3.73. The number of aromatic nitrogens is 2. The van der Waals surface area contributed by atoms with Crippen molar-refractivity contribution in [3.8, 4) is 34.0 Å². The number of nitrogens with zero attached hydrogens (tertiary/aromatic N) is 1. The number of nitrogens with one attached hydrogen (secondary N) is 1. The van der Waals surface area contributed by atoms with Crippen molar-refractivity contribution in [3.05, 3.63) is 95.3 Å². The lowest BCUT2D eigenvalue weighted by atomic mass is 9.97. The van der Waals surface area contributed by atoms with E-state index in [2.05, 4.69) is 15.6 Å². The molecule has 4 heteroatoms. The van der Waals surface area contributed by atoms with Crippen LogP contribution in [0.2, 0.25) is 0 Å². The van der Waals surface area contributed by atoms with Crippen LogP contribution in [0.25, 0.3) is 33.4 Å². The Kier molecular flexibility index (Phi) is 3.76. The van der Waals surface area contributed by atoms with Crippen molar-refractivity contribution in [2.24, 2.45) is 7.05 Å². The summed E-state index contributed by atoms with van der Waals surface area (Å²) in [4.78, 5) is 16.6. The molecular weight excluding hydrogens is 348 g/mol. The summed E-state index contributed by atoms with van der Waals surface area (Å²) in [6, 6.07) is 25.2. The predicted octanol–water partition coefficient (Wildman–Crippen LogP) is 5.43. The van der Waals surface area contributed by atoms with Crippen LogP contribution in [0.4, 0.5) is 0 Å². The molecule has 0 spiro atoms. The van der Waals surface area contributed by atoms with Crippen molar-refractivity contribution in [1.29, 1.82) is 0 Å². The molecule has 1 N–H and O–H groups in total. The molecular formula is C24H18N2O2. The quantitative estimate of drug-likeness (QED) is 0.433. The Hall–Kier alpha value is -3.79. The van der Waals surface area contributed by atoms with Crippen LogP contribution >= 0.6 is 0 Å². The number of rotatable bonds is 3. The monoisotopic (exact) mass is 366 g/mol. The molecule has 136 valence electrons. The molecule has 0 amide bonds. The number of fused-ring (bicyclic) bond motifs is 2. The van der Waals surface area contributed by atoms with Crippen LogP contribution in [0, 0.1) is 0 Å². The first-order valence-corrected chi connectivity index (χ1v) is 9.14. The second kappa shape index (κ2) is 6.43. The molecule has 0 unspecified atom stereocenters. The van der Waals surface area contributed by atoms with Crippen LogP contribution in [0.1, 0.15) is 0 Å². The molecule has 0 radical (unpaired) electrons. The first-order chi connectivity index (χ1) is 13.7. The predicted molar refractivity (Wildman–Crippen MR) is 112 cm³/mol. The average Bonchev–Trinajstić information content (AvgIpc) is 3.26. The van der Waals surface area contributed by atoms with Crippen LogP contribution in [-0.4, -0.2) is 9.55 Å². The molecule has 1 aromatic heterocycles. The standard InChI is InChI=1S/C24H18N2O2/c1-26-21-12-6-5-8-16(21)14-19-23(26)18(20-11-7-13-25-20)15-22(24(19)27)28-17-9-3-2-4-10-17/h2-15,25H,1H3. The summed E-state index contributed by atoms with van der Waals surface area (Å²) in [7, 11) is 1.99. The van der Waals surface area contributed by atoms with Crippen molar-refractivity contribution in [3.63, 3.8) is 0 Å². The van der Waals surface area contributed by atoms with Crippen LogP contribution in [0.15, 0.2) is 89.9 Å². The van der Waals surface area contributed by atoms with Crippen molar-refractivity contribution < 1.29 is 4.74 Å². The van der Waals surface area contributed by atoms with E-state index >= 15 is 0 Å². The van der Waals surface area contributed by atoms with Gasteiger partial charge in [-0.1, -0.05) is 36.4 Å². The van der Waals surface area contributed by atoms with Gasteiger partial charge in [0.1, 0.15) is 5.75 Å². The Balaban J connectivity index is 1.86. The molecule has 2 aliphatic rings. The van der Waals surface area contributed by atoms with Gasteiger partial charge in [-0.25, -0.2) is 0 Å². The summed E-state index contributed by atoms with van der Waals surface area (Å²) >= 11 is 0. The molecule has 1 aliphatic carbocycles. The number of aromatic amines is 1. The highest BCUT2D eigenvalue weighted by Gasteiger charge is 2.22. The Morgan fingerprint density at radius 1 is 0.857 bits per heavy atom.